The Morgan fingerprint density at radius 2 is 1.95 bits per heavy atom. The molecule has 0 saturated carbocycles. The number of benzene rings is 1. The first-order valence-electron chi connectivity index (χ1n) is 6.09. The summed E-state index contributed by atoms with van der Waals surface area (Å²) >= 11 is 3.25. The number of aromatic nitrogens is 2. The molecule has 2 N–H and O–H groups in total. The minimum Gasteiger partial charge on any atom is -0.354 e. The maximum atomic E-state index is 13.6. The molecule has 0 atom stereocenters. The first kappa shape index (κ1) is 14.6. The molecule has 2 aromatic rings. The predicted octanol–water partition coefficient (Wildman–Crippen LogP) is 4.08. The topological polar surface area (TPSA) is 49.8 Å². The summed E-state index contributed by atoms with van der Waals surface area (Å²) in [5, 5.41) is 5.64. The maximum absolute atomic E-state index is 13.6. The van der Waals surface area contributed by atoms with Gasteiger partial charge in [0, 0.05) is 12.7 Å². The van der Waals surface area contributed by atoms with Crippen LogP contribution in [0, 0.1) is 11.6 Å². The highest BCUT2D eigenvalue weighted by Crippen LogP contribution is 2.27. The van der Waals surface area contributed by atoms with Gasteiger partial charge in [0.1, 0.15) is 17.3 Å². The Kier molecular flexibility index (Phi) is 4.84. The fraction of sp³-hybridized carbons (Fsp3) is 0.231. The lowest BCUT2D eigenvalue weighted by Gasteiger charge is -2.11. The van der Waals surface area contributed by atoms with E-state index in [4.69, 9.17) is 0 Å². The Morgan fingerprint density at radius 3 is 2.60 bits per heavy atom. The minimum atomic E-state index is -0.682. The highest BCUT2D eigenvalue weighted by molar-refractivity contribution is 9.10. The molecule has 0 radical (unpaired) electrons. The van der Waals surface area contributed by atoms with Crippen LogP contribution < -0.4 is 10.6 Å². The predicted molar refractivity (Wildman–Crippen MR) is 78.2 cm³/mol. The standard InChI is InChI=1S/C13H13BrF2N4/c1-2-6-17-13-18-7-8(14)12(20-13)19-11-9(15)4-3-5-10(11)16/h3-5,7H,2,6H2,1H3,(H2,17,18,19,20). The molecular weight excluding hydrogens is 330 g/mol. The van der Waals surface area contributed by atoms with Gasteiger partial charge in [-0.25, -0.2) is 13.8 Å². The van der Waals surface area contributed by atoms with E-state index < -0.39 is 11.6 Å². The van der Waals surface area contributed by atoms with Gasteiger partial charge >= 0.3 is 0 Å². The number of anilines is 3. The van der Waals surface area contributed by atoms with Gasteiger partial charge in [-0.1, -0.05) is 13.0 Å². The van der Waals surface area contributed by atoms with Crippen molar-refractivity contribution in [2.75, 3.05) is 17.2 Å². The smallest absolute Gasteiger partial charge is 0.224 e. The number of halogens is 3. The molecule has 0 aliphatic carbocycles. The lowest BCUT2D eigenvalue weighted by atomic mass is 10.3. The first-order chi connectivity index (χ1) is 9.61. The second kappa shape index (κ2) is 6.60. The summed E-state index contributed by atoms with van der Waals surface area (Å²) in [4.78, 5) is 8.24. The summed E-state index contributed by atoms with van der Waals surface area (Å²) in [7, 11) is 0. The van der Waals surface area contributed by atoms with E-state index in [9.17, 15) is 8.78 Å². The Labute approximate surface area is 123 Å². The molecule has 0 unspecified atom stereocenters. The van der Waals surface area contributed by atoms with E-state index in [0.29, 0.717) is 16.2 Å². The molecule has 20 heavy (non-hydrogen) atoms. The molecule has 0 amide bonds. The lowest BCUT2D eigenvalue weighted by molar-refractivity contribution is 0.590. The van der Waals surface area contributed by atoms with Gasteiger partial charge in [0.25, 0.3) is 0 Å². The molecule has 0 aliphatic rings. The van der Waals surface area contributed by atoms with Crippen molar-refractivity contribution in [2.45, 2.75) is 13.3 Å². The van der Waals surface area contributed by atoms with Gasteiger partial charge < -0.3 is 10.6 Å². The molecule has 1 aromatic carbocycles. The van der Waals surface area contributed by atoms with Crippen LogP contribution in [0.5, 0.6) is 0 Å². The summed E-state index contributed by atoms with van der Waals surface area (Å²) in [5.41, 5.74) is -0.242. The van der Waals surface area contributed by atoms with Crippen molar-refractivity contribution in [2.24, 2.45) is 0 Å². The van der Waals surface area contributed by atoms with Crippen molar-refractivity contribution in [3.8, 4) is 0 Å². The Balaban J connectivity index is 2.28. The molecule has 0 spiro atoms. The Bertz CT molecular complexity index is 587. The highest BCUT2D eigenvalue weighted by Gasteiger charge is 2.12. The van der Waals surface area contributed by atoms with Crippen LogP contribution in [0.4, 0.5) is 26.2 Å². The fourth-order valence-corrected chi connectivity index (χ4v) is 1.80. The molecule has 0 fully saturated rings. The molecule has 7 heteroatoms. The van der Waals surface area contributed by atoms with E-state index >= 15 is 0 Å². The maximum Gasteiger partial charge on any atom is 0.224 e. The quantitative estimate of drug-likeness (QED) is 0.859. The normalized spacial score (nSPS) is 10.4. The molecule has 0 bridgehead atoms. The molecule has 0 saturated heterocycles. The summed E-state index contributed by atoms with van der Waals surface area (Å²) < 4.78 is 27.7. The number of nitrogens with zero attached hydrogens (tertiary/aromatic N) is 2. The van der Waals surface area contributed by atoms with Crippen LogP contribution in [0.3, 0.4) is 0 Å². The van der Waals surface area contributed by atoms with Crippen LogP contribution in [0.15, 0.2) is 28.9 Å². The summed E-state index contributed by atoms with van der Waals surface area (Å²) in [6.45, 7) is 2.73. The molecule has 0 aliphatic heterocycles. The average molecular weight is 343 g/mol. The summed E-state index contributed by atoms with van der Waals surface area (Å²) in [6.07, 6.45) is 2.44. The van der Waals surface area contributed by atoms with E-state index in [0.717, 1.165) is 13.0 Å². The van der Waals surface area contributed by atoms with Crippen LogP contribution >= 0.6 is 15.9 Å². The zero-order chi connectivity index (χ0) is 14.5. The SMILES string of the molecule is CCCNc1ncc(Br)c(Nc2c(F)cccc2F)n1. The van der Waals surface area contributed by atoms with Crippen LogP contribution in [-0.2, 0) is 0 Å². The third-order valence-electron chi connectivity index (χ3n) is 2.48. The van der Waals surface area contributed by atoms with E-state index in [1.807, 2.05) is 6.92 Å². The third kappa shape index (κ3) is 3.41. The number of para-hydroxylation sites is 1. The van der Waals surface area contributed by atoms with E-state index in [2.05, 4.69) is 36.5 Å². The summed E-state index contributed by atoms with van der Waals surface area (Å²) in [6, 6.07) is 3.66. The van der Waals surface area contributed by atoms with Crippen LogP contribution in [0.25, 0.3) is 0 Å². The number of nitrogens with one attached hydrogen (secondary N) is 2. The van der Waals surface area contributed by atoms with E-state index in [1.165, 1.54) is 24.4 Å². The largest absolute Gasteiger partial charge is 0.354 e. The van der Waals surface area contributed by atoms with Crippen LogP contribution in [0.1, 0.15) is 13.3 Å². The van der Waals surface area contributed by atoms with Gasteiger partial charge in [0.05, 0.1) is 4.47 Å². The van der Waals surface area contributed by atoms with Crippen LogP contribution in [-0.4, -0.2) is 16.5 Å². The average Bonchev–Trinajstić information content (AvgIpc) is 2.43. The van der Waals surface area contributed by atoms with Gasteiger partial charge in [-0.05, 0) is 34.5 Å². The Morgan fingerprint density at radius 1 is 1.25 bits per heavy atom. The second-order valence-electron chi connectivity index (χ2n) is 4.04. The molecule has 4 nitrogen and oxygen atoms in total. The third-order valence-corrected chi connectivity index (χ3v) is 3.06. The molecular formula is C13H13BrF2N4. The molecule has 106 valence electrons. The van der Waals surface area contributed by atoms with Crippen molar-refractivity contribution >= 4 is 33.4 Å². The minimum absolute atomic E-state index is 0.242. The zero-order valence-electron chi connectivity index (χ0n) is 10.8. The van der Waals surface area contributed by atoms with Gasteiger partial charge in [-0.3, -0.25) is 0 Å². The lowest BCUT2D eigenvalue weighted by Crippen LogP contribution is -2.07. The summed E-state index contributed by atoms with van der Waals surface area (Å²) in [5.74, 6) is -0.672. The highest BCUT2D eigenvalue weighted by atomic mass is 79.9. The molecule has 1 heterocycles. The van der Waals surface area contributed by atoms with Gasteiger partial charge in [-0.15, -0.1) is 0 Å². The van der Waals surface area contributed by atoms with Gasteiger partial charge in [-0.2, -0.15) is 4.98 Å². The number of hydrogen-bond acceptors (Lipinski definition) is 4. The van der Waals surface area contributed by atoms with Crippen molar-refractivity contribution < 1.29 is 8.78 Å². The van der Waals surface area contributed by atoms with Gasteiger partial charge in [0.15, 0.2) is 5.82 Å². The van der Waals surface area contributed by atoms with Crippen LogP contribution in [0.2, 0.25) is 0 Å². The molecule has 1 aromatic heterocycles. The van der Waals surface area contributed by atoms with Gasteiger partial charge in [0.2, 0.25) is 5.95 Å². The van der Waals surface area contributed by atoms with Crippen molar-refractivity contribution in [3.05, 3.63) is 40.5 Å². The first-order valence-corrected chi connectivity index (χ1v) is 6.88. The monoisotopic (exact) mass is 342 g/mol. The van der Waals surface area contributed by atoms with Crippen molar-refractivity contribution in [1.29, 1.82) is 0 Å². The van der Waals surface area contributed by atoms with E-state index in [1.54, 1.807) is 0 Å². The van der Waals surface area contributed by atoms with Crippen molar-refractivity contribution in [1.82, 2.24) is 9.97 Å². The number of hydrogen-bond donors (Lipinski definition) is 2. The Hall–Kier alpha value is -1.76. The van der Waals surface area contributed by atoms with Crippen molar-refractivity contribution in [3.63, 3.8) is 0 Å². The second-order valence-corrected chi connectivity index (χ2v) is 4.89. The van der Waals surface area contributed by atoms with E-state index in [-0.39, 0.29) is 5.69 Å². The number of rotatable bonds is 5. The molecule has 2 rings (SSSR count). The zero-order valence-corrected chi connectivity index (χ0v) is 12.3. The fourth-order valence-electron chi connectivity index (χ4n) is 1.51.